The van der Waals surface area contributed by atoms with Gasteiger partial charge in [-0.25, -0.2) is 4.52 Å². The van der Waals surface area contributed by atoms with E-state index in [4.69, 9.17) is 0 Å². The summed E-state index contributed by atoms with van der Waals surface area (Å²) in [4.78, 5) is 16.4. The first-order chi connectivity index (χ1) is 9.65. The number of hydrogen-bond donors (Lipinski definition) is 0. The molecule has 0 atom stereocenters. The molecule has 0 aliphatic carbocycles. The van der Waals surface area contributed by atoms with Crippen LogP contribution < -0.4 is 0 Å². The van der Waals surface area contributed by atoms with Gasteiger partial charge < -0.3 is 0 Å². The molecule has 0 amide bonds. The number of aromatic nitrogens is 5. The van der Waals surface area contributed by atoms with Crippen LogP contribution in [0.5, 0.6) is 0 Å². The fourth-order valence-corrected chi connectivity index (χ4v) is 2.07. The van der Waals surface area contributed by atoms with Crippen LogP contribution in [0.4, 0.5) is 0 Å². The zero-order valence-corrected chi connectivity index (χ0v) is 11.4. The number of fused-ring (bicyclic) bond motifs is 1. The molecule has 3 heterocycles. The van der Waals surface area contributed by atoms with Gasteiger partial charge in [-0.05, 0) is 19.9 Å². The number of nitrogens with zero attached hydrogens (tertiary/aromatic N) is 5. The van der Waals surface area contributed by atoms with Crippen molar-refractivity contribution in [3.05, 3.63) is 48.3 Å². The number of rotatable bonds is 4. The summed E-state index contributed by atoms with van der Waals surface area (Å²) < 4.78 is 3.49. The topological polar surface area (TPSA) is 65.1 Å². The first-order valence-electron chi connectivity index (χ1n) is 6.50. The molecule has 3 aromatic heterocycles. The summed E-state index contributed by atoms with van der Waals surface area (Å²) >= 11 is 0. The van der Waals surface area contributed by atoms with Crippen LogP contribution in [0.25, 0.3) is 5.52 Å². The Hall–Kier alpha value is -2.50. The molecule has 3 aromatic rings. The monoisotopic (exact) mass is 269 g/mol. The van der Waals surface area contributed by atoms with Crippen LogP contribution >= 0.6 is 0 Å². The van der Waals surface area contributed by atoms with Crippen molar-refractivity contribution < 1.29 is 4.79 Å². The quantitative estimate of drug-likeness (QED) is 0.679. The molecule has 6 heteroatoms. The van der Waals surface area contributed by atoms with Gasteiger partial charge in [0.15, 0.2) is 5.78 Å². The second kappa shape index (κ2) is 4.88. The van der Waals surface area contributed by atoms with Gasteiger partial charge in [0.1, 0.15) is 0 Å². The Labute approximate surface area is 116 Å². The van der Waals surface area contributed by atoms with E-state index in [2.05, 4.69) is 29.0 Å². The molecule has 0 spiro atoms. The fraction of sp³-hybridized carbons (Fsp3) is 0.286. The van der Waals surface area contributed by atoms with Crippen LogP contribution in [0.15, 0.2) is 37.1 Å². The highest BCUT2D eigenvalue weighted by Gasteiger charge is 2.15. The molecule has 0 N–H and O–H groups in total. The van der Waals surface area contributed by atoms with E-state index in [1.54, 1.807) is 29.3 Å². The zero-order valence-electron chi connectivity index (χ0n) is 11.4. The zero-order chi connectivity index (χ0) is 14.1. The fourth-order valence-electron chi connectivity index (χ4n) is 2.07. The van der Waals surface area contributed by atoms with E-state index in [9.17, 15) is 4.79 Å². The standard InChI is InChI=1S/C14H15N5O/c1-10(2)18-5-3-11(17-18)7-14(20)12-8-16-19-6-4-15-9-13(12)19/h3-6,8-10H,7H2,1-2H3. The van der Waals surface area contributed by atoms with E-state index >= 15 is 0 Å². The van der Waals surface area contributed by atoms with Crippen molar-refractivity contribution in [3.8, 4) is 0 Å². The van der Waals surface area contributed by atoms with Gasteiger partial charge in [0.2, 0.25) is 0 Å². The van der Waals surface area contributed by atoms with E-state index < -0.39 is 0 Å². The molecule has 0 aliphatic rings. The molecular weight excluding hydrogens is 254 g/mol. The third kappa shape index (κ3) is 2.20. The van der Waals surface area contributed by atoms with Crippen molar-refractivity contribution in [3.63, 3.8) is 0 Å². The Kier molecular flexibility index (Phi) is 3.06. The average Bonchev–Trinajstić information content (AvgIpc) is 3.04. The summed E-state index contributed by atoms with van der Waals surface area (Å²) in [5, 5.41) is 8.54. The Balaban J connectivity index is 1.85. The minimum absolute atomic E-state index is 0.00186. The second-order valence-electron chi connectivity index (χ2n) is 4.95. The number of ketones is 1. The van der Waals surface area contributed by atoms with Crippen LogP contribution in [0, 0.1) is 0 Å². The van der Waals surface area contributed by atoms with Crippen molar-refractivity contribution in [1.82, 2.24) is 24.4 Å². The van der Waals surface area contributed by atoms with Crippen molar-refractivity contribution in [2.45, 2.75) is 26.3 Å². The summed E-state index contributed by atoms with van der Waals surface area (Å²) in [6, 6.07) is 2.17. The normalized spacial score (nSPS) is 11.3. The van der Waals surface area contributed by atoms with E-state index in [0.717, 1.165) is 11.2 Å². The molecule has 0 aliphatic heterocycles. The number of carbonyl (C=O) groups excluding carboxylic acids is 1. The van der Waals surface area contributed by atoms with Crippen LogP contribution in [0.3, 0.4) is 0 Å². The summed E-state index contributed by atoms with van der Waals surface area (Å²) in [5.74, 6) is 0.00186. The van der Waals surface area contributed by atoms with Gasteiger partial charge in [0.25, 0.3) is 0 Å². The molecule has 6 nitrogen and oxygen atoms in total. The third-order valence-electron chi connectivity index (χ3n) is 3.16. The maximum absolute atomic E-state index is 12.3. The summed E-state index contributed by atoms with van der Waals surface area (Å²) in [6.07, 6.45) is 8.75. The van der Waals surface area contributed by atoms with Gasteiger partial charge in [0.05, 0.1) is 35.6 Å². The summed E-state index contributed by atoms with van der Waals surface area (Å²) in [7, 11) is 0. The lowest BCUT2D eigenvalue weighted by atomic mass is 10.1. The molecule has 0 saturated carbocycles. The largest absolute Gasteiger partial charge is 0.294 e. The summed E-state index contributed by atoms with van der Waals surface area (Å²) in [5.41, 5.74) is 2.07. The van der Waals surface area contributed by atoms with E-state index in [1.807, 2.05) is 16.9 Å². The van der Waals surface area contributed by atoms with Crippen LogP contribution in [-0.4, -0.2) is 30.2 Å². The van der Waals surface area contributed by atoms with Crippen molar-refractivity contribution >= 4 is 11.3 Å². The minimum Gasteiger partial charge on any atom is -0.294 e. The summed E-state index contributed by atoms with van der Waals surface area (Å²) in [6.45, 7) is 4.10. The van der Waals surface area contributed by atoms with Crippen molar-refractivity contribution in [1.29, 1.82) is 0 Å². The molecule has 0 bridgehead atoms. The highest BCUT2D eigenvalue weighted by Crippen LogP contribution is 2.13. The first kappa shape index (κ1) is 12.5. The average molecular weight is 269 g/mol. The van der Waals surface area contributed by atoms with Gasteiger partial charge in [-0.15, -0.1) is 0 Å². The molecule has 3 rings (SSSR count). The molecule has 0 radical (unpaired) electrons. The first-order valence-corrected chi connectivity index (χ1v) is 6.50. The maximum atomic E-state index is 12.3. The molecule has 20 heavy (non-hydrogen) atoms. The molecule has 102 valence electrons. The highest BCUT2D eigenvalue weighted by atomic mass is 16.1. The van der Waals surface area contributed by atoms with E-state index in [-0.39, 0.29) is 12.2 Å². The van der Waals surface area contributed by atoms with E-state index in [1.165, 1.54) is 0 Å². The lowest BCUT2D eigenvalue weighted by Crippen LogP contribution is -2.06. The van der Waals surface area contributed by atoms with Gasteiger partial charge >= 0.3 is 0 Å². The Morgan fingerprint density at radius 3 is 2.90 bits per heavy atom. The van der Waals surface area contributed by atoms with Crippen molar-refractivity contribution in [2.24, 2.45) is 0 Å². The molecular formula is C14H15N5O. The number of Topliss-reactive ketones (excluding diaryl/α,β-unsaturated/α-hetero) is 1. The number of carbonyl (C=O) groups is 1. The van der Waals surface area contributed by atoms with Gasteiger partial charge in [-0.3, -0.25) is 14.5 Å². The van der Waals surface area contributed by atoms with Crippen LogP contribution in [0.2, 0.25) is 0 Å². The van der Waals surface area contributed by atoms with E-state index in [0.29, 0.717) is 11.6 Å². The highest BCUT2D eigenvalue weighted by molar-refractivity contribution is 6.02. The minimum atomic E-state index is 0.00186. The predicted molar refractivity (Wildman–Crippen MR) is 73.6 cm³/mol. The lowest BCUT2D eigenvalue weighted by Gasteiger charge is -2.03. The lowest BCUT2D eigenvalue weighted by molar-refractivity contribution is 0.0993. The number of hydrogen-bond acceptors (Lipinski definition) is 4. The second-order valence-corrected chi connectivity index (χ2v) is 4.95. The van der Waals surface area contributed by atoms with Crippen LogP contribution in [0.1, 0.15) is 35.9 Å². The Morgan fingerprint density at radius 2 is 2.15 bits per heavy atom. The molecule has 0 aromatic carbocycles. The smallest absolute Gasteiger partial charge is 0.172 e. The third-order valence-corrected chi connectivity index (χ3v) is 3.16. The van der Waals surface area contributed by atoms with Gasteiger partial charge in [-0.2, -0.15) is 10.2 Å². The van der Waals surface area contributed by atoms with Gasteiger partial charge in [0, 0.05) is 24.6 Å². The van der Waals surface area contributed by atoms with Crippen LogP contribution in [-0.2, 0) is 6.42 Å². The maximum Gasteiger partial charge on any atom is 0.172 e. The Morgan fingerprint density at radius 1 is 1.30 bits per heavy atom. The SMILES string of the molecule is CC(C)n1ccc(CC(=O)c2cnn3ccncc23)n1. The van der Waals surface area contributed by atoms with Crippen molar-refractivity contribution in [2.75, 3.05) is 0 Å². The molecule has 0 saturated heterocycles. The molecule has 0 fully saturated rings. The Bertz CT molecular complexity index is 756. The molecule has 0 unspecified atom stereocenters. The van der Waals surface area contributed by atoms with Gasteiger partial charge in [-0.1, -0.05) is 0 Å². The predicted octanol–water partition coefficient (Wildman–Crippen LogP) is 1.93.